The Morgan fingerprint density at radius 2 is 2.06 bits per heavy atom. The first-order valence-corrected chi connectivity index (χ1v) is 5.80. The minimum atomic E-state index is 0.608. The SMILES string of the molecule is CCOCCN(C)Cc1cccc(CN)c1. The standard InChI is InChI=1S/C13H22N2O/c1-3-16-8-7-15(2)11-13-6-4-5-12(9-13)10-14/h4-6,9H,3,7-8,10-11,14H2,1-2H3. The first kappa shape index (κ1) is 13.2. The second-order valence-corrected chi connectivity index (χ2v) is 3.96. The first-order valence-electron chi connectivity index (χ1n) is 5.80. The Labute approximate surface area is 98.2 Å². The van der Waals surface area contributed by atoms with Gasteiger partial charge >= 0.3 is 0 Å². The largest absolute Gasteiger partial charge is 0.380 e. The zero-order valence-corrected chi connectivity index (χ0v) is 10.3. The Bertz CT molecular complexity index is 302. The fourth-order valence-electron chi connectivity index (χ4n) is 1.61. The van der Waals surface area contributed by atoms with Crippen molar-refractivity contribution in [3.05, 3.63) is 35.4 Å². The molecule has 0 unspecified atom stereocenters. The molecule has 0 aliphatic carbocycles. The molecule has 0 atom stereocenters. The molecule has 1 aromatic carbocycles. The van der Waals surface area contributed by atoms with Crippen molar-refractivity contribution in [2.75, 3.05) is 26.8 Å². The molecular formula is C13H22N2O. The lowest BCUT2D eigenvalue weighted by Gasteiger charge is -2.16. The summed E-state index contributed by atoms with van der Waals surface area (Å²) < 4.78 is 5.33. The van der Waals surface area contributed by atoms with Gasteiger partial charge in [-0.05, 0) is 25.1 Å². The molecule has 0 heterocycles. The Morgan fingerprint density at radius 1 is 1.31 bits per heavy atom. The minimum absolute atomic E-state index is 0.608. The quantitative estimate of drug-likeness (QED) is 0.712. The van der Waals surface area contributed by atoms with Gasteiger partial charge in [0.05, 0.1) is 6.61 Å². The lowest BCUT2D eigenvalue weighted by Crippen LogP contribution is -2.22. The summed E-state index contributed by atoms with van der Waals surface area (Å²) in [5.41, 5.74) is 8.11. The van der Waals surface area contributed by atoms with Crippen LogP contribution in [0.15, 0.2) is 24.3 Å². The van der Waals surface area contributed by atoms with Crippen LogP contribution in [0.5, 0.6) is 0 Å². The normalized spacial score (nSPS) is 11.0. The number of hydrogen-bond acceptors (Lipinski definition) is 3. The van der Waals surface area contributed by atoms with Gasteiger partial charge in [-0.1, -0.05) is 24.3 Å². The third-order valence-corrected chi connectivity index (χ3v) is 2.50. The molecular weight excluding hydrogens is 200 g/mol. The Hall–Kier alpha value is -0.900. The molecule has 0 aliphatic heterocycles. The average Bonchev–Trinajstić information content (AvgIpc) is 2.29. The van der Waals surface area contributed by atoms with Crippen molar-refractivity contribution in [1.29, 1.82) is 0 Å². The van der Waals surface area contributed by atoms with Gasteiger partial charge in [0.15, 0.2) is 0 Å². The highest BCUT2D eigenvalue weighted by molar-refractivity contribution is 5.23. The van der Waals surface area contributed by atoms with E-state index in [4.69, 9.17) is 10.5 Å². The van der Waals surface area contributed by atoms with Crippen molar-refractivity contribution in [2.45, 2.75) is 20.0 Å². The van der Waals surface area contributed by atoms with Crippen LogP contribution in [0, 0.1) is 0 Å². The van der Waals surface area contributed by atoms with Gasteiger partial charge in [0.25, 0.3) is 0 Å². The molecule has 1 aromatic rings. The number of nitrogens with two attached hydrogens (primary N) is 1. The van der Waals surface area contributed by atoms with E-state index < -0.39 is 0 Å². The van der Waals surface area contributed by atoms with Crippen LogP contribution in [-0.4, -0.2) is 31.7 Å². The van der Waals surface area contributed by atoms with Gasteiger partial charge in [-0.3, -0.25) is 4.90 Å². The number of hydrogen-bond donors (Lipinski definition) is 1. The number of benzene rings is 1. The molecule has 0 aromatic heterocycles. The lowest BCUT2D eigenvalue weighted by atomic mass is 10.1. The summed E-state index contributed by atoms with van der Waals surface area (Å²) in [5.74, 6) is 0. The van der Waals surface area contributed by atoms with E-state index in [1.807, 2.05) is 6.92 Å². The summed E-state index contributed by atoms with van der Waals surface area (Å²) in [7, 11) is 2.11. The van der Waals surface area contributed by atoms with E-state index in [9.17, 15) is 0 Å². The molecule has 0 aliphatic rings. The summed E-state index contributed by atoms with van der Waals surface area (Å²) in [6, 6.07) is 8.42. The van der Waals surface area contributed by atoms with Gasteiger partial charge in [-0.15, -0.1) is 0 Å². The van der Waals surface area contributed by atoms with Crippen molar-refractivity contribution in [2.24, 2.45) is 5.73 Å². The van der Waals surface area contributed by atoms with Gasteiger partial charge in [0.2, 0.25) is 0 Å². The summed E-state index contributed by atoms with van der Waals surface area (Å²) in [5, 5.41) is 0. The maximum Gasteiger partial charge on any atom is 0.0593 e. The molecule has 0 radical (unpaired) electrons. The minimum Gasteiger partial charge on any atom is -0.380 e. The van der Waals surface area contributed by atoms with Crippen LogP contribution in [0.2, 0.25) is 0 Å². The monoisotopic (exact) mass is 222 g/mol. The maximum atomic E-state index is 5.61. The third-order valence-electron chi connectivity index (χ3n) is 2.50. The number of likely N-dealkylation sites (N-methyl/N-ethyl adjacent to an activating group) is 1. The van der Waals surface area contributed by atoms with Crippen LogP contribution in [0.25, 0.3) is 0 Å². The highest BCUT2D eigenvalue weighted by atomic mass is 16.5. The van der Waals surface area contributed by atoms with E-state index >= 15 is 0 Å². The predicted molar refractivity (Wildman–Crippen MR) is 67.2 cm³/mol. The van der Waals surface area contributed by atoms with Gasteiger partial charge in [0.1, 0.15) is 0 Å². The molecule has 3 nitrogen and oxygen atoms in total. The molecule has 0 bridgehead atoms. The van der Waals surface area contributed by atoms with Gasteiger partial charge < -0.3 is 10.5 Å². The van der Waals surface area contributed by atoms with E-state index in [1.165, 1.54) is 11.1 Å². The van der Waals surface area contributed by atoms with Crippen LogP contribution in [0.1, 0.15) is 18.1 Å². The van der Waals surface area contributed by atoms with Crippen LogP contribution in [-0.2, 0) is 17.8 Å². The summed E-state index contributed by atoms with van der Waals surface area (Å²) in [4.78, 5) is 2.26. The fraction of sp³-hybridized carbons (Fsp3) is 0.538. The number of rotatable bonds is 7. The molecule has 2 N–H and O–H groups in total. The van der Waals surface area contributed by atoms with Crippen molar-refractivity contribution in [3.63, 3.8) is 0 Å². The third kappa shape index (κ3) is 4.75. The zero-order chi connectivity index (χ0) is 11.8. The predicted octanol–water partition coefficient (Wildman–Crippen LogP) is 1.61. The molecule has 0 saturated heterocycles. The van der Waals surface area contributed by atoms with E-state index in [2.05, 4.69) is 36.2 Å². The van der Waals surface area contributed by atoms with Crippen molar-refractivity contribution in [3.8, 4) is 0 Å². The van der Waals surface area contributed by atoms with Crippen molar-refractivity contribution < 1.29 is 4.74 Å². The maximum absolute atomic E-state index is 5.61. The second-order valence-electron chi connectivity index (χ2n) is 3.96. The average molecular weight is 222 g/mol. The molecule has 0 amide bonds. The van der Waals surface area contributed by atoms with Crippen LogP contribution < -0.4 is 5.73 Å². The van der Waals surface area contributed by atoms with Crippen LogP contribution in [0.4, 0.5) is 0 Å². The summed E-state index contributed by atoms with van der Waals surface area (Å²) >= 11 is 0. The van der Waals surface area contributed by atoms with E-state index in [0.29, 0.717) is 6.54 Å². The van der Waals surface area contributed by atoms with Crippen molar-refractivity contribution in [1.82, 2.24) is 4.90 Å². The summed E-state index contributed by atoms with van der Waals surface area (Å²) in [6.45, 7) is 6.11. The molecule has 16 heavy (non-hydrogen) atoms. The molecule has 3 heteroatoms. The molecule has 90 valence electrons. The highest BCUT2D eigenvalue weighted by Gasteiger charge is 2.00. The molecule has 0 saturated carbocycles. The highest BCUT2D eigenvalue weighted by Crippen LogP contribution is 2.06. The van der Waals surface area contributed by atoms with Crippen LogP contribution >= 0.6 is 0 Å². The van der Waals surface area contributed by atoms with E-state index in [1.54, 1.807) is 0 Å². The molecule has 1 rings (SSSR count). The Balaban J connectivity index is 2.39. The summed E-state index contributed by atoms with van der Waals surface area (Å²) in [6.07, 6.45) is 0. The molecule has 0 fully saturated rings. The Morgan fingerprint density at radius 3 is 2.75 bits per heavy atom. The Kier molecular flexibility index (Phi) is 6.08. The first-order chi connectivity index (χ1) is 7.76. The number of nitrogens with zero attached hydrogens (tertiary/aromatic N) is 1. The van der Waals surface area contributed by atoms with Gasteiger partial charge in [0, 0.05) is 26.2 Å². The zero-order valence-electron chi connectivity index (χ0n) is 10.3. The fourth-order valence-corrected chi connectivity index (χ4v) is 1.61. The van der Waals surface area contributed by atoms with E-state index in [-0.39, 0.29) is 0 Å². The van der Waals surface area contributed by atoms with Gasteiger partial charge in [-0.2, -0.15) is 0 Å². The molecule has 0 spiro atoms. The smallest absolute Gasteiger partial charge is 0.0593 e. The van der Waals surface area contributed by atoms with E-state index in [0.717, 1.165) is 26.3 Å². The topological polar surface area (TPSA) is 38.5 Å². The second kappa shape index (κ2) is 7.39. The lowest BCUT2D eigenvalue weighted by molar-refractivity contribution is 0.120. The number of ether oxygens (including phenoxy) is 1. The van der Waals surface area contributed by atoms with Gasteiger partial charge in [-0.25, -0.2) is 0 Å². The van der Waals surface area contributed by atoms with Crippen LogP contribution in [0.3, 0.4) is 0 Å². The van der Waals surface area contributed by atoms with Crippen molar-refractivity contribution >= 4 is 0 Å².